The third-order valence-electron chi connectivity index (χ3n) is 1.78. The summed E-state index contributed by atoms with van der Waals surface area (Å²) in [4.78, 5) is 9.97. The molecule has 0 aliphatic heterocycles. The van der Waals surface area contributed by atoms with Gasteiger partial charge in [-0.15, -0.1) is 0 Å². The number of rotatable bonds is 3. The fourth-order valence-electron chi connectivity index (χ4n) is 1.05. The predicted octanol–water partition coefficient (Wildman–Crippen LogP) is 1.79. The number of non-ortho nitro benzene ring substituents is 1. The molecule has 5 nitrogen and oxygen atoms in total. The molecule has 0 aliphatic rings. The summed E-state index contributed by atoms with van der Waals surface area (Å²) in [5.41, 5.74) is 5.89. The Kier molecular flexibility index (Phi) is 3.69. The van der Waals surface area contributed by atoms with Gasteiger partial charge in [-0.1, -0.05) is 24.4 Å². The second-order valence-electron chi connectivity index (χ2n) is 2.89. The van der Waals surface area contributed by atoms with Crippen LogP contribution in [0.25, 0.3) is 6.08 Å². The number of nitro groups is 1. The second-order valence-corrected chi connectivity index (χ2v) is 3.33. The van der Waals surface area contributed by atoms with Gasteiger partial charge in [-0.3, -0.25) is 10.1 Å². The zero-order valence-corrected chi connectivity index (χ0v) is 8.90. The number of hydrogen-bond donors (Lipinski definition) is 1. The van der Waals surface area contributed by atoms with Crippen LogP contribution in [0, 0.1) is 21.4 Å². The fourth-order valence-corrected chi connectivity index (χ4v) is 1.16. The average molecular weight is 233 g/mol. The molecule has 0 spiro atoms. The van der Waals surface area contributed by atoms with E-state index in [9.17, 15) is 10.1 Å². The molecule has 80 valence electrons. The Labute approximate surface area is 96.9 Å². The van der Waals surface area contributed by atoms with Crippen LogP contribution in [-0.4, -0.2) is 9.91 Å². The van der Waals surface area contributed by atoms with E-state index >= 15 is 0 Å². The molecule has 0 radical (unpaired) electrons. The minimum Gasteiger partial charge on any atom is -0.389 e. The summed E-state index contributed by atoms with van der Waals surface area (Å²) in [7, 11) is 0. The van der Waals surface area contributed by atoms with Gasteiger partial charge in [-0.2, -0.15) is 5.26 Å². The van der Waals surface area contributed by atoms with Crippen molar-refractivity contribution in [2.75, 3.05) is 0 Å². The highest BCUT2D eigenvalue weighted by Gasteiger charge is 2.05. The van der Waals surface area contributed by atoms with Crippen molar-refractivity contribution in [1.82, 2.24) is 0 Å². The number of thiocarbonyl (C=S) groups is 1. The van der Waals surface area contributed by atoms with Crippen LogP contribution in [0.2, 0.25) is 0 Å². The van der Waals surface area contributed by atoms with Gasteiger partial charge in [0.15, 0.2) is 0 Å². The predicted molar refractivity (Wildman–Crippen MR) is 63.5 cm³/mol. The van der Waals surface area contributed by atoms with E-state index in [1.807, 2.05) is 6.07 Å². The molecule has 16 heavy (non-hydrogen) atoms. The molecule has 1 aromatic carbocycles. The maximum atomic E-state index is 10.5. The molecule has 0 aliphatic carbocycles. The molecule has 6 heteroatoms. The maximum absolute atomic E-state index is 10.5. The number of nitrogens with two attached hydrogens (primary N) is 1. The van der Waals surface area contributed by atoms with Gasteiger partial charge in [-0.25, -0.2) is 0 Å². The van der Waals surface area contributed by atoms with E-state index in [4.69, 9.17) is 11.0 Å². The van der Waals surface area contributed by atoms with Crippen LogP contribution in [0.3, 0.4) is 0 Å². The highest BCUT2D eigenvalue weighted by Crippen LogP contribution is 2.15. The van der Waals surface area contributed by atoms with E-state index in [0.717, 1.165) is 0 Å². The van der Waals surface area contributed by atoms with Crippen molar-refractivity contribution in [3.8, 4) is 6.07 Å². The Morgan fingerprint density at radius 3 is 2.81 bits per heavy atom. The first-order chi connectivity index (χ1) is 7.54. The van der Waals surface area contributed by atoms with Crippen molar-refractivity contribution in [1.29, 1.82) is 5.26 Å². The van der Waals surface area contributed by atoms with Gasteiger partial charge in [0.05, 0.1) is 10.5 Å². The van der Waals surface area contributed by atoms with E-state index in [2.05, 4.69) is 12.2 Å². The molecule has 0 fully saturated rings. The first-order valence-electron chi connectivity index (χ1n) is 4.20. The third kappa shape index (κ3) is 2.87. The molecule has 0 aromatic heterocycles. The number of nitro benzene ring substituents is 1. The normalized spacial score (nSPS) is 10.6. The Bertz CT molecular complexity index is 517. The summed E-state index contributed by atoms with van der Waals surface area (Å²) in [5, 5.41) is 19.2. The monoisotopic (exact) mass is 233 g/mol. The summed E-state index contributed by atoms with van der Waals surface area (Å²) in [6.07, 6.45) is 1.41. The Hall–Kier alpha value is -2.26. The lowest BCUT2D eigenvalue weighted by atomic mass is 10.1. The number of hydrogen-bond acceptors (Lipinski definition) is 4. The molecule has 0 bridgehead atoms. The summed E-state index contributed by atoms with van der Waals surface area (Å²) in [6, 6.07) is 7.69. The highest BCUT2D eigenvalue weighted by molar-refractivity contribution is 7.80. The minimum absolute atomic E-state index is 0.0333. The lowest BCUT2D eigenvalue weighted by molar-refractivity contribution is -0.384. The van der Waals surface area contributed by atoms with Crippen molar-refractivity contribution in [3.63, 3.8) is 0 Å². The molecule has 0 heterocycles. The molecule has 0 saturated heterocycles. The van der Waals surface area contributed by atoms with Crippen LogP contribution in [0.5, 0.6) is 0 Å². The topological polar surface area (TPSA) is 92.9 Å². The minimum atomic E-state index is -0.510. The van der Waals surface area contributed by atoms with Crippen LogP contribution >= 0.6 is 12.2 Å². The van der Waals surface area contributed by atoms with Gasteiger partial charge in [0.2, 0.25) is 0 Å². The first kappa shape index (κ1) is 11.8. The molecule has 2 N–H and O–H groups in total. The quantitative estimate of drug-likeness (QED) is 0.282. The van der Waals surface area contributed by atoms with Gasteiger partial charge >= 0.3 is 0 Å². The smallest absolute Gasteiger partial charge is 0.270 e. The SMILES string of the molecule is N#CC(=Cc1cccc([N+](=O)[O-])c1)C(N)=S. The molecule has 1 aromatic rings. The lowest BCUT2D eigenvalue weighted by Gasteiger charge is -1.96. The van der Waals surface area contributed by atoms with Crippen molar-refractivity contribution in [2.45, 2.75) is 0 Å². The number of benzene rings is 1. The molecule has 1 rings (SSSR count). The average Bonchev–Trinajstić information content (AvgIpc) is 2.25. The van der Waals surface area contributed by atoms with Gasteiger partial charge in [0.1, 0.15) is 11.1 Å². The molecule has 0 saturated carbocycles. The van der Waals surface area contributed by atoms with Crippen molar-refractivity contribution in [3.05, 3.63) is 45.5 Å². The Morgan fingerprint density at radius 1 is 1.62 bits per heavy atom. The summed E-state index contributed by atoms with van der Waals surface area (Å²) < 4.78 is 0. The first-order valence-corrected chi connectivity index (χ1v) is 4.61. The van der Waals surface area contributed by atoms with Gasteiger partial charge in [0.25, 0.3) is 5.69 Å². The molecule has 0 atom stereocenters. The largest absolute Gasteiger partial charge is 0.389 e. The molecular formula is C10H7N3O2S. The van der Waals surface area contributed by atoms with Crippen LogP contribution in [0.1, 0.15) is 5.56 Å². The molecule has 0 amide bonds. The van der Waals surface area contributed by atoms with Crippen LogP contribution < -0.4 is 5.73 Å². The Morgan fingerprint density at radius 2 is 2.31 bits per heavy atom. The van der Waals surface area contributed by atoms with E-state index in [-0.39, 0.29) is 16.2 Å². The van der Waals surface area contributed by atoms with Crippen molar-refractivity contribution >= 4 is 29.0 Å². The van der Waals surface area contributed by atoms with E-state index in [1.54, 1.807) is 6.07 Å². The summed E-state index contributed by atoms with van der Waals surface area (Å²) >= 11 is 4.65. The van der Waals surface area contributed by atoms with E-state index in [0.29, 0.717) is 5.56 Å². The zero-order valence-electron chi connectivity index (χ0n) is 8.08. The van der Waals surface area contributed by atoms with Crippen LogP contribution in [0.4, 0.5) is 5.69 Å². The van der Waals surface area contributed by atoms with Crippen LogP contribution in [-0.2, 0) is 0 Å². The van der Waals surface area contributed by atoms with Crippen molar-refractivity contribution < 1.29 is 4.92 Å². The lowest BCUT2D eigenvalue weighted by Crippen LogP contribution is -2.09. The van der Waals surface area contributed by atoms with Gasteiger partial charge < -0.3 is 5.73 Å². The molecule has 0 unspecified atom stereocenters. The zero-order chi connectivity index (χ0) is 12.1. The molecular weight excluding hydrogens is 226 g/mol. The standard InChI is InChI=1S/C10H7N3O2S/c11-6-8(10(12)16)4-7-2-1-3-9(5-7)13(14)15/h1-5H,(H2,12,16). The van der Waals surface area contributed by atoms with Gasteiger partial charge in [-0.05, 0) is 11.6 Å². The Balaban J connectivity index is 3.16. The number of nitrogens with zero attached hydrogens (tertiary/aromatic N) is 2. The van der Waals surface area contributed by atoms with Crippen LogP contribution in [0.15, 0.2) is 29.8 Å². The van der Waals surface area contributed by atoms with Gasteiger partial charge in [0, 0.05) is 12.1 Å². The fraction of sp³-hybridized carbons (Fsp3) is 0. The second kappa shape index (κ2) is 5.00. The third-order valence-corrected chi connectivity index (χ3v) is 2.00. The summed E-state index contributed by atoms with van der Waals surface area (Å²) in [6.45, 7) is 0. The number of nitriles is 1. The van der Waals surface area contributed by atoms with E-state index in [1.165, 1.54) is 24.3 Å². The van der Waals surface area contributed by atoms with Crippen molar-refractivity contribution in [2.24, 2.45) is 5.73 Å². The highest BCUT2D eigenvalue weighted by atomic mass is 32.1. The summed E-state index contributed by atoms with van der Waals surface area (Å²) in [5.74, 6) is 0. The maximum Gasteiger partial charge on any atom is 0.270 e. The van der Waals surface area contributed by atoms with E-state index < -0.39 is 4.92 Å².